The monoisotopic (exact) mass is 483 g/mol. The molecule has 0 aliphatic carbocycles. The first-order valence-electron chi connectivity index (χ1n) is 12.0. The highest BCUT2D eigenvalue weighted by molar-refractivity contribution is 5.77. The van der Waals surface area contributed by atoms with E-state index in [1.807, 2.05) is 47.4 Å². The van der Waals surface area contributed by atoms with Gasteiger partial charge >= 0.3 is 0 Å². The standard InChI is InChI=1S/C27H29N7O2/c1-19-9-10-22(15-20(19)2)26-30-27(21-7-5-4-6-8-21)34(31-26)17-25(35)33-13-11-32(12-14-33)23-16-24(36-3)29-18-28-23/h4-10,15-16,18H,11-14,17H2,1-3H3. The number of aromatic nitrogens is 5. The first-order valence-corrected chi connectivity index (χ1v) is 12.0. The first-order chi connectivity index (χ1) is 17.5. The molecule has 9 nitrogen and oxygen atoms in total. The van der Waals surface area contributed by atoms with Gasteiger partial charge in [-0.2, -0.15) is 0 Å². The Kier molecular flexibility index (Phi) is 6.62. The zero-order valence-electron chi connectivity index (χ0n) is 20.8. The number of piperazine rings is 1. The van der Waals surface area contributed by atoms with Gasteiger partial charge in [0, 0.05) is 43.4 Å². The minimum Gasteiger partial charge on any atom is -0.481 e. The summed E-state index contributed by atoms with van der Waals surface area (Å²) in [5, 5.41) is 4.76. The number of benzene rings is 2. The van der Waals surface area contributed by atoms with Crippen LogP contribution in [-0.2, 0) is 11.3 Å². The van der Waals surface area contributed by atoms with Crippen molar-refractivity contribution in [3.63, 3.8) is 0 Å². The second-order valence-electron chi connectivity index (χ2n) is 8.87. The van der Waals surface area contributed by atoms with E-state index in [0.29, 0.717) is 43.7 Å². The number of anilines is 1. The smallest absolute Gasteiger partial charge is 0.244 e. The van der Waals surface area contributed by atoms with Gasteiger partial charge in [0.25, 0.3) is 0 Å². The number of carbonyl (C=O) groups is 1. The summed E-state index contributed by atoms with van der Waals surface area (Å²) < 4.78 is 6.93. The van der Waals surface area contributed by atoms with Crippen LogP contribution in [0.2, 0.25) is 0 Å². The van der Waals surface area contributed by atoms with E-state index in [1.165, 1.54) is 17.5 Å². The van der Waals surface area contributed by atoms with E-state index in [-0.39, 0.29) is 12.5 Å². The molecule has 0 bridgehead atoms. The van der Waals surface area contributed by atoms with Crippen LogP contribution in [0, 0.1) is 13.8 Å². The summed E-state index contributed by atoms with van der Waals surface area (Å²) in [5.41, 5.74) is 4.27. The van der Waals surface area contributed by atoms with E-state index < -0.39 is 0 Å². The van der Waals surface area contributed by atoms with Gasteiger partial charge in [0.1, 0.15) is 18.7 Å². The van der Waals surface area contributed by atoms with Crippen molar-refractivity contribution >= 4 is 11.7 Å². The summed E-state index contributed by atoms with van der Waals surface area (Å²) in [4.78, 5) is 30.6. The van der Waals surface area contributed by atoms with Gasteiger partial charge in [-0.25, -0.2) is 19.6 Å². The normalized spacial score (nSPS) is 13.6. The zero-order valence-corrected chi connectivity index (χ0v) is 20.8. The van der Waals surface area contributed by atoms with Crippen molar-refractivity contribution in [2.75, 3.05) is 38.2 Å². The van der Waals surface area contributed by atoms with E-state index in [2.05, 4.69) is 40.8 Å². The molecule has 1 saturated heterocycles. The number of methoxy groups -OCH3 is 1. The van der Waals surface area contributed by atoms with Crippen molar-refractivity contribution in [1.29, 1.82) is 0 Å². The third-order valence-electron chi connectivity index (χ3n) is 6.55. The molecule has 0 unspecified atom stereocenters. The van der Waals surface area contributed by atoms with Crippen LogP contribution in [0.15, 0.2) is 60.9 Å². The summed E-state index contributed by atoms with van der Waals surface area (Å²) in [5.74, 6) is 2.65. The Hall–Kier alpha value is -4.27. The predicted molar refractivity (Wildman–Crippen MR) is 138 cm³/mol. The van der Waals surface area contributed by atoms with Gasteiger partial charge in [-0.3, -0.25) is 4.79 Å². The zero-order chi connectivity index (χ0) is 25.1. The van der Waals surface area contributed by atoms with E-state index in [1.54, 1.807) is 11.8 Å². The molecule has 5 rings (SSSR count). The minimum absolute atomic E-state index is 0.0173. The molecule has 1 aliphatic heterocycles. The highest BCUT2D eigenvalue weighted by Gasteiger charge is 2.24. The van der Waals surface area contributed by atoms with Crippen LogP contribution in [-0.4, -0.2) is 68.8 Å². The molecule has 4 aromatic rings. The summed E-state index contributed by atoms with van der Waals surface area (Å²) >= 11 is 0. The molecule has 0 N–H and O–H groups in total. The lowest BCUT2D eigenvalue weighted by Gasteiger charge is -2.35. The molecular formula is C27H29N7O2. The van der Waals surface area contributed by atoms with E-state index >= 15 is 0 Å². The number of amides is 1. The van der Waals surface area contributed by atoms with Gasteiger partial charge in [-0.05, 0) is 31.0 Å². The predicted octanol–water partition coefficient (Wildman–Crippen LogP) is 3.38. The Morgan fingerprint density at radius 2 is 1.69 bits per heavy atom. The number of hydrogen-bond donors (Lipinski definition) is 0. The number of carbonyl (C=O) groups excluding carboxylic acids is 1. The molecule has 184 valence electrons. The molecule has 1 fully saturated rings. The molecule has 36 heavy (non-hydrogen) atoms. The summed E-state index contributed by atoms with van der Waals surface area (Å²) in [6.45, 7) is 6.86. The van der Waals surface area contributed by atoms with Gasteiger partial charge < -0.3 is 14.5 Å². The third kappa shape index (κ3) is 4.91. The summed E-state index contributed by atoms with van der Waals surface area (Å²) in [6, 6.07) is 17.9. The Morgan fingerprint density at radius 1 is 0.917 bits per heavy atom. The van der Waals surface area contributed by atoms with Gasteiger partial charge in [0.05, 0.1) is 7.11 Å². The van der Waals surface area contributed by atoms with Crippen molar-refractivity contribution in [1.82, 2.24) is 29.6 Å². The van der Waals surface area contributed by atoms with E-state index in [0.717, 1.165) is 16.9 Å². The van der Waals surface area contributed by atoms with Crippen LogP contribution in [0.25, 0.3) is 22.8 Å². The Bertz CT molecular complexity index is 1360. The quantitative estimate of drug-likeness (QED) is 0.415. The van der Waals surface area contributed by atoms with Gasteiger partial charge in [0.15, 0.2) is 11.6 Å². The van der Waals surface area contributed by atoms with Crippen molar-refractivity contribution < 1.29 is 9.53 Å². The van der Waals surface area contributed by atoms with Crippen LogP contribution in [0.4, 0.5) is 5.82 Å². The van der Waals surface area contributed by atoms with Gasteiger partial charge in [0.2, 0.25) is 11.8 Å². The van der Waals surface area contributed by atoms with Crippen LogP contribution in [0.1, 0.15) is 11.1 Å². The van der Waals surface area contributed by atoms with Crippen molar-refractivity contribution in [2.45, 2.75) is 20.4 Å². The van der Waals surface area contributed by atoms with Gasteiger partial charge in [-0.1, -0.05) is 42.5 Å². The van der Waals surface area contributed by atoms with Crippen LogP contribution in [0.5, 0.6) is 5.88 Å². The molecule has 0 atom stereocenters. The maximum atomic E-state index is 13.3. The Morgan fingerprint density at radius 3 is 2.42 bits per heavy atom. The second kappa shape index (κ2) is 10.2. The molecule has 1 aliphatic rings. The third-order valence-corrected chi connectivity index (χ3v) is 6.55. The number of hydrogen-bond acceptors (Lipinski definition) is 7. The average molecular weight is 484 g/mol. The van der Waals surface area contributed by atoms with Crippen LogP contribution in [0.3, 0.4) is 0 Å². The van der Waals surface area contributed by atoms with Crippen molar-refractivity contribution in [3.05, 3.63) is 72.1 Å². The molecule has 2 aromatic carbocycles. The molecular weight excluding hydrogens is 454 g/mol. The maximum Gasteiger partial charge on any atom is 0.244 e. The van der Waals surface area contributed by atoms with Crippen LogP contribution < -0.4 is 9.64 Å². The highest BCUT2D eigenvalue weighted by Crippen LogP contribution is 2.24. The largest absolute Gasteiger partial charge is 0.481 e. The molecule has 0 saturated carbocycles. The fourth-order valence-corrected chi connectivity index (χ4v) is 4.28. The number of nitrogens with zero attached hydrogens (tertiary/aromatic N) is 7. The average Bonchev–Trinajstić information content (AvgIpc) is 3.34. The lowest BCUT2D eigenvalue weighted by Crippen LogP contribution is -2.50. The maximum absolute atomic E-state index is 13.3. The Balaban J connectivity index is 1.34. The number of aryl methyl sites for hydroxylation is 2. The number of ether oxygens (including phenoxy) is 1. The molecule has 1 amide bonds. The van der Waals surface area contributed by atoms with E-state index in [9.17, 15) is 4.79 Å². The fraction of sp³-hybridized carbons (Fsp3) is 0.296. The molecule has 0 spiro atoms. The minimum atomic E-state index is 0.0173. The van der Waals surface area contributed by atoms with Crippen molar-refractivity contribution in [2.24, 2.45) is 0 Å². The fourth-order valence-electron chi connectivity index (χ4n) is 4.28. The summed E-state index contributed by atoms with van der Waals surface area (Å²) in [7, 11) is 1.59. The molecule has 2 aromatic heterocycles. The second-order valence-corrected chi connectivity index (χ2v) is 8.87. The highest BCUT2D eigenvalue weighted by atomic mass is 16.5. The SMILES string of the molecule is COc1cc(N2CCN(C(=O)Cn3nc(-c4ccc(C)c(C)c4)nc3-c3ccccc3)CC2)ncn1. The van der Waals surface area contributed by atoms with Crippen molar-refractivity contribution in [3.8, 4) is 28.7 Å². The summed E-state index contributed by atoms with van der Waals surface area (Å²) in [6.07, 6.45) is 1.49. The number of rotatable bonds is 6. The lowest BCUT2D eigenvalue weighted by atomic mass is 10.1. The first kappa shape index (κ1) is 23.5. The van der Waals surface area contributed by atoms with Crippen LogP contribution >= 0.6 is 0 Å². The van der Waals surface area contributed by atoms with E-state index in [4.69, 9.17) is 14.8 Å². The molecule has 9 heteroatoms. The molecule has 0 radical (unpaired) electrons. The van der Waals surface area contributed by atoms with Gasteiger partial charge in [-0.15, -0.1) is 5.10 Å². The topological polar surface area (TPSA) is 89.3 Å². The Labute approximate surface area is 210 Å². The molecule has 3 heterocycles. The lowest BCUT2D eigenvalue weighted by molar-refractivity contribution is -0.132.